The molecule has 0 bridgehead atoms. The zero-order valence-electron chi connectivity index (χ0n) is 16.4. The van der Waals surface area contributed by atoms with Crippen molar-refractivity contribution >= 4 is 17.5 Å². The Labute approximate surface area is 159 Å². The summed E-state index contributed by atoms with van der Waals surface area (Å²) in [7, 11) is 0. The minimum absolute atomic E-state index is 0.132. The number of carboxylic acid groups (broad SMARTS) is 1. The molecule has 1 aromatic heterocycles. The number of nitrogens with zero attached hydrogens (tertiary/aromatic N) is 2. The summed E-state index contributed by atoms with van der Waals surface area (Å²) >= 11 is 0. The van der Waals surface area contributed by atoms with Crippen molar-refractivity contribution in [1.29, 1.82) is 0 Å². The lowest BCUT2D eigenvalue weighted by molar-refractivity contribution is 0.0698. The van der Waals surface area contributed by atoms with E-state index in [2.05, 4.69) is 26.1 Å². The van der Waals surface area contributed by atoms with E-state index in [0.717, 1.165) is 28.3 Å². The van der Waals surface area contributed by atoms with E-state index < -0.39 is 5.97 Å². The van der Waals surface area contributed by atoms with Crippen LogP contribution in [0.2, 0.25) is 0 Å². The van der Waals surface area contributed by atoms with Crippen LogP contribution in [0.3, 0.4) is 0 Å². The fourth-order valence-electron chi connectivity index (χ4n) is 2.90. The number of carbonyl (C=O) groups is 1. The molecular formula is C22H25N3O2. The van der Waals surface area contributed by atoms with Gasteiger partial charge in [0.25, 0.3) is 0 Å². The molecule has 140 valence electrons. The van der Waals surface area contributed by atoms with Gasteiger partial charge in [-0.25, -0.2) is 9.48 Å². The lowest BCUT2D eigenvalue weighted by Gasteiger charge is -2.14. The van der Waals surface area contributed by atoms with E-state index in [9.17, 15) is 9.90 Å². The largest absolute Gasteiger partial charge is 0.478 e. The van der Waals surface area contributed by atoms with Crippen LogP contribution in [0, 0.1) is 13.8 Å². The number of para-hydroxylation sites is 1. The predicted octanol–water partition coefficient (Wildman–Crippen LogP) is 5.23. The molecule has 0 atom stereocenters. The van der Waals surface area contributed by atoms with Crippen molar-refractivity contribution in [1.82, 2.24) is 9.78 Å². The van der Waals surface area contributed by atoms with Crippen molar-refractivity contribution in [3.05, 3.63) is 70.9 Å². The Kier molecular flexibility index (Phi) is 4.79. The molecule has 0 unspecified atom stereocenters. The van der Waals surface area contributed by atoms with Crippen LogP contribution in [0.1, 0.15) is 48.0 Å². The number of carboxylic acids is 1. The Morgan fingerprint density at radius 2 is 1.78 bits per heavy atom. The highest BCUT2D eigenvalue weighted by Gasteiger charge is 2.22. The molecule has 0 radical (unpaired) electrons. The van der Waals surface area contributed by atoms with Gasteiger partial charge < -0.3 is 10.4 Å². The normalized spacial score (nSPS) is 11.4. The van der Waals surface area contributed by atoms with Crippen LogP contribution in [0.4, 0.5) is 11.5 Å². The van der Waals surface area contributed by atoms with Gasteiger partial charge >= 0.3 is 5.97 Å². The van der Waals surface area contributed by atoms with Gasteiger partial charge in [-0.1, -0.05) is 50.6 Å². The van der Waals surface area contributed by atoms with Gasteiger partial charge in [-0.05, 0) is 37.6 Å². The Hall–Kier alpha value is -3.08. The highest BCUT2D eigenvalue weighted by Crippen LogP contribution is 2.30. The molecule has 3 aromatic rings. The monoisotopic (exact) mass is 363 g/mol. The van der Waals surface area contributed by atoms with Gasteiger partial charge in [0, 0.05) is 11.5 Å². The lowest BCUT2D eigenvalue weighted by atomic mass is 9.92. The van der Waals surface area contributed by atoms with Gasteiger partial charge in [-0.3, -0.25) is 0 Å². The summed E-state index contributed by atoms with van der Waals surface area (Å²) in [5, 5.41) is 17.7. The molecule has 2 N–H and O–H groups in total. The fourth-order valence-corrected chi connectivity index (χ4v) is 2.90. The van der Waals surface area contributed by atoms with Crippen molar-refractivity contribution in [2.75, 3.05) is 5.32 Å². The number of rotatable bonds is 4. The highest BCUT2D eigenvalue weighted by atomic mass is 16.4. The van der Waals surface area contributed by atoms with Gasteiger partial charge in [-0.15, -0.1) is 0 Å². The van der Waals surface area contributed by atoms with E-state index in [0.29, 0.717) is 5.69 Å². The molecule has 0 fully saturated rings. The van der Waals surface area contributed by atoms with E-state index in [-0.39, 0.29) is 11.0 Å². The molecule has 5 nitrogen and oxygen atoms in total. The minimum atomic E-state index is -0.959. The molecule has 0 aliphatic heterocycles. The standard InChI is InChI=1S/C22H25N3O2/c1-14-10-11-17(16(12-14)21(26)27)23-20-13-19(22(3,4)5)24-25(20)18-9-7-6-8-15(18)2/h6-13,23H,1-5H3,(H,26,27). The molecule has 0 aliphatic carbocycles. The molecule has 1 heterocycles. The molecule has 0 amide bonds. The number of aromatic carboxylic acids is 1. The SMILES string of the molecule is Cc1ccc(Nc2cc(C(C)(C)C)nn2-c2ccccc2C)c(C(=O)O)c1. The molecule has 0 aliphatic rings. The Morgan fingerprint density at radius 1 is 1.07 bits per heavy atom. The third kappa shape index (κ3) is 3.87. The maximum absolute atomic E-state index is 11.7. The average Bonchev–Trinajstić information content (AvgIpc) is 3.00. The molecule has 0 saturated heterocycles. The van der Waals surface area contributed by atoms with Crippen LogP contribution < -0.4 is 5.32 Å². The second-order valence-electron chi connectivity index (χ2n) is 7.84. The Balaban J connectivity index is 2.15. The van der Waals surface area contributed by atoms with E-state index in [1.807, 2.05) is 54.9 Å². The first-order valence-electron chi connectivity index (χ1n) is 8.94. The third-order valence-corrected chi connectivity index (χ3v) is 4.49. The van der Waals surface area contributed by atoms with Crippen molar-refractivity contribution in [3.8, 4) is 5.69 Å². The predicted molar refractivity (Wildman–Crippen MR) is 108 cm³/mol. The zero-order chi connectivity index (χ0) is 19.8. The summed E-state index contributed by atoms with van der Waals surface area (Å²) in [5.41, 5.74) is 4.53. The molecule has 5 heteroatoms. The molecule has 0 saturated carbocycles. The van der Waals surface area contributed by atoms with Crippen molar-refractivity contribution in [2.45, 2.75) is 40.0 Å². The second kappa shape index (κ2) is 6.91. The maximum atomic E-state index is 11.7. The highest BCUT2D eigenvalue weighted by molar-refractivity contribution is 5.95. The van der Waals surface area contributed by atoms with Crippen molar-refractivity contribution in [3.63, 3.8) is 0 Å². The average molecular weight is 363 g/mol. The van der Waals surface area contributed by atoms with E-state index >= 15 is 0 Å². The molecule has 3 rings (SSSR count). The number of aromatic nitrogens is 2. The van der Waals surface area contributed by atoms with Crippen LogP contribution in [-0.2, 0) is 5.41 Å². The van der Waals surface area contributed by atoms with Crippen molar-refractivity contribution in [2.24, 2.45) is 0 Å². The summed E-state index contributed by atoms with van der Waals surface area (Å²) < 4.78 is 1.85. The summed E-state index contributed by atoms with van der Waals surface area (Å²) in [5.74, 6) is -0.222. The summed E-state index contributed by atoms with van der Waals surface area (Å²) in [6.07, 6.45) is 0. The summed E-state index contributed by atoms with van der Waals surface area (Å²) in [6, 6.07) is 15.3. The lowest BCUT2D eigenvalue weighted by Crippen LogP contribution is -2.13. The topological polar surface area (TPSA) is 67.2 Å². The second-order valence-corrected chi connectivity index (χ2v) is 7.84. The van der Waals surface area contributed by atoms with Crippen molar-refractivity contribution < 1.29 is 9.90 Å². The Bertz CT molecular complexity index is 997. The number of nitrogens with one attached hydrogen (secondary N) is 1. The van der Waals surface area contributed by atoms with E-state index in [4.69, 9.17) is 5.10 Å². The van der Waals surface area contributed by atoms with E-state index in [1.54, 1.807) is 12.1 Å². The third-order valence-electron chi connectivity index (χ3n) is 4.49. The zero-order valence-corrected chi connectivity index (χ0v) is 16.4. The van der Waals surface area contributed by atoms with Crippen LogP contribution in [0.25, 0.3) is 5.69 Å². The molecular weight excluding hydrogens is 338 g/mol. The number of hydrogen-bond acceptors (Lipinski definition) is 3. The fraction of sp³-hybridized carbons (Fsp3) is 0.273. The minimum Gasteiger partial charge on any atom is -0.478 e. The summed E-state index contributed by atoms with van der Waals surface area (Å²) in [4.78, 5) is 11.7. The molecule has 27 heavy (non-hydrogen) atoms. The maximum Gasteiger partial charge on any atom is 0.337 e. The number of benzene rings is 2. The molecule has 2 aromatic carbocycles. The van der Waals surface area contributed by atoms with Crippen LogP contribution >= 0.6 is 0 Å². The quantitative estimate of drug-likeness (QED) is 0.666. The summed E-state index contributed by atoms with van der Waals surface area (Å²) in [6.45, 7) is 10.2. The smallest absolute Gasteiger partial charge is 0.337 e. The first kappa shape index (κ1) is 18.7. The first-order chi connectivity index (χ1) is 12.7. The van der Waals surface area contributed by atoms with E-state index in [1.165, 1.54) is 0 Å². The van der Waals surface area contributed by atoms with Gasteiger partial charge in [0.1, 0.15) is 5.82 Å². The number of hydrogen-bond donors (Lipinski definition) is 2. The van der Waals surface area contributed by atoms with Crippen LogP contribution in [0.5, 0.6) is 0 Å². The molecule has 0 spiro atoms. The van der Waals surface area contributed by atoms with Gasteiger partial charge in [0.2, 0.25) is 0 Å². The first-order valence-corrected chi connectivity index (χ1v) is 8.94. The van der Waals surface area contributed by atoms with Crippen LogP contribution in [0.15, 0.2) is 48.5 Å². The van der Waals surface area contributed by atoms with Gasteiger partial charge in [0.05, 0.1) is 22.6 Å². The number of aryl methyl sites for hydroxylation is 2. The number of anilines is 2. The Morgan fingerprint density at radius 3 is 2.41 bits per heavy atom. The van der Waals surface area contributed by atoms with Gasteiger partial charge in [0.15, 0.2) is 0 Å². The van der Waals surface area contributed by atoms with Gasteiger partial charge in [-0.2, -0.15) is 5.10 Å². The van der Waals surface area contributed by atoms with Crippen LogP contribution in [-0.4, -0.2) is 20.9 Å².